The fourth-order valence-electron chi connectivity index (χ4n) is 3.95. The van der Waals surface area contributed by atoms with Crippen molar-refractivity contribution >= 4 is 5.82 Å². The van der Waals surface area contributed by atoms with Crippen LogP contribution in [0.3, 0.4) is 0 Å². The van der Waals surface area contributed by atoms with E-state index in [4.69, 9.17) is 9.72 Å². The summed E-state index contributed by atoms with van der Waals surface area (Å²) in [7, 11) is 0. The van der Waals surface area contributed by atoms with Gasteiger partial charge in [-0.25, -0.2) is 4.98 Å². The third kappa shape index (κ3) is 4.21. The first-order valence-electron chi connectivity index (χ1n) is 8.94. The van der Waals surface area contributed by atoms with Crippen molar-refractivity contribution in [3.8, 4) is 0 Å². The van der Waals surface area contributed by atoms with Crippen molar-refractivity contribution in [1.82, 2.24) is 14.9 Å². The fraction of sp³-hybridized carbons (Fsp3) is 0.778. The first-order chi connectivity index (χ1) is 11.0. The molecular weight excluding hydrogens is 288 g/mol. The molecule has 0 amide bonds. The van der Waals surface area contributed by atoms with E-state index in [1.54, 1.807) is 0 Å². The summed E-state index contributed by atoms with van der Waals surface area (Å²) in [6, 6.07) is 0. The summed E-state index contributed by atoms with van der Waals surface area (Å²) in [5, 5.41) is 0. The van der Waals surface area contributed by atoms with Crippen molar-refractivity contribution in [2.75, 3.05) is 37.6 Å². The van der Waals surface area contributed by atoms with Crippen LogP contribution in [-0.2, 0) is 4.74 Å². The minimum Gasteiger partial charge on any atom is -0.373 e. The van der Waals surface area contributed by atoms with Crippen LogP contribution in [0, 0.1) is 19.8 Å². The quantitative estimate of drug-likeness (QED) is 0.856. The molecule has 2 atom stereocenters. The van der Waals surface area contributed by atoms with E-state index in [2.05, 4.69) is 35.6 Å². The van der Waals surface area contributed by atoms with Crippen molar-refractivity contribution < 1.29 is 4.74 Å². The van der Waals surface area contributed by atoms with E-state index in [1.165, 1.54) is 19.4 Å². The van der Waals surface area contributed by atoms with Gasteiger partial charge in [-0.15, -0.1) is 0 Å². The molecule has 3 rings (SSSR count). The molecule has 5 heteroatoms. The van der Waals surface area contributed by atoms with E-state index in [0.29, 0.717) is 12.2 Å². The van der Waals surface area contributed by atoms with Gasteiger partial charge in [0.1, 0.15) is 5.82 Å². The second-order valence-electron chi connectivity index (χ2n) is 7.33. The third-order valence-corrected chi connectivity index (χ3v) is 4.98. The van der Waals surface area contributed by atoms with Crippen LogP contribution in [0.25, 0.3) is 0 Å². The number of piperidine rings is 1. The molecule has 128 valence electrons. The van der Waals surface area contributed by atoms with E-state index in [0.717, 1.165) is 49.3 Å². The van der Waals surface area contributed by atoms with E-state index >= 15 is 0 Å². The van der Waals surface area contributed by atoms with Gasteiger partial charge in [-0.2, -0.15) is 0 Å². The molecule has 2 fully saturated rings. The van der Waals surface area contributed by atoms with Crippen molar-refractivity contribution in [2.24, 2.45) is 5.92 Å². The van der Waals surface area contributed by atoms with Crippen molar-refractivity contribution in [1.29, 1.82) is 0 Å². The smallest absolute Gasteiger partial charge is 0.150 e. The highest BCUT2D eigenvalue weighted by Gasteiger charge is 2.27. The Kier molecular flexibility index (Phi) is 5.17. The minimum atomic E-state index is 0.365. The van der Waals surface area contributed by atoms with Crippen LogP contribution < -0.4 is 4.90 Å². The molecule has 0 saturated carbocycles. The van der Waals surface area contributed by atoms with E-state index < -0.39 is 0 Å². The molecule has 23 heavy (non-hydrogen) atoms. The summed E-state index contributed by atoms with van der Waals surface area (Å²) in [5.41, 5.74) is 2.05. The highest BCUT2D eigenvalue weighted by molar-refractivity contribution is 5.43. The Morgan fingerprint density at radius 1 is 1.13 bits per heavy atom. The summed E-state index contributed by atoms with van der Waals surface area (Å²) in [5.74, 6) is 1.87. The van der Waals surface area contributed by atoms with Gasteiger partial charge in [0.25, 0.3) is 0 Å². The highest BCUT2D eigenvalue weighted by atomic mass is 16.5. The molecule has 2 saturated heterocycles. The molecule has 0 aliphatic carbocycles. The van der Waals surface area contributed by atoms with Crippen LogP contribution in [0.5, 0.6) is 0 Å². The number of morpholine rings is 1. The predicted molar refractivity (Wildman–Crippen MR) is 92.9 cm³/mol. The zero-order chi connectivity index (χ0) is 16.4. The molecule has 3 heterocycles. The summed E-state index contributed by atoms with van der Waals surface area (Å²) >= 11 is 0. The Morgan fingerprint density at radius 2 is 1.78 bits per heavy atom. The lowest BCUT2D eigenvalue weighted by Gasteiger charge is -2.39. The molecule has 0 aromatic carbocycles. The normalized spacial score (nSPS) is 27.4. The first-order valence-corrected chi connectivity index (χ1v) is 8.94. The molecule has 5 nitrogen and oxygen atoms in total. The Balaban J connectivity index is 1.53. The van der Waals surface area contributed by atoms with E-state index in [9.17, 15) is 0 Å². The van der Waals surface area contributed by atoms with Gasteiger partial charge in [0, 0.05) is 38.9 Å². The first kappa shape index (κ1) is 16.7. The second kappa shape index (κ2) is 7.14. The number of aromatic nitrogens is 2. The number of aryl methyl sites for hydroxylation is 2. The molecular formula is C18H30N4O. The maximum Gasteiger partial charge on any atom is 0.150 e. The monoisotopic (exact) mass is 318 g/mol. The maximum absolute atomic E-state index is 5.84. The van der Waals surface area contributed by atoms with Gasteiger partial charge >= 0.3 is 0 Å². The highest BCUT2D eigenvalue weighted by Crippen LogP contribution is 2.25. The molecule has 0 spiro atoms. The molecule has 1 aromatic heterocycles. The Morgan fingerprint density at radius 3 is 2.43 bits per heavy atom. The van der Waals surface area contributed by atoms with Crippen molar-refractivity contribution in [3.63, 3.8) is 0 Å². The molecule has 2 aliphatic heterocycles. The number of nitrogens with zero attached hydrogens (tertiary/aromatic N) is 4. The number of hydrogen-bond acceptors (Lipinski definition) is 5. The average Bonchev–Trinajstić information content (AvgIpc) is 2.49. The topological polar surface area (TPSA) is 41.5 Å². The van der Waals surface area contributed by atoms with Gasteiger partial charge in [0.05, 0.1) is 23.6 Å². The molecule has 0 N–H and O–H groups in total. The van der Waals surface area contributed by atoms with Gasteiger partial charge in [-0.3, -0.25) is 9.88 Å². The number of hydrogen-bond donors (Lipinski definition) is 0. The van der Waals surface area contributed by atoms with Crippen LogP contribution in [0.1, 0.15) is 38.1 Å². The van der Waals surface area contributed by atoms with Gasteiger partial charge in [-0.05, 0) is 46.5 Å². The van der Waals surface area contributed by atoms with Gasteiger partial charge in [-0.1, -0.05) is 0 Å². The van der Waals surface area contributed by atoms with Crippen LogP contribution in [0.4, 0.5) is 5.82 Å². The zero-order valence-corrected chi connectivity index (χ0v) is 15.0. The Hall–Kier alpha value is -1.20. The van der Waals surface area contributed by atoms with E-state index in [-0.39, 0.29) is 0 Å². The average molecular weight is 318 g/mol. The summed E-state index contributed by atoms with van der Waals surface area (Å²) in [6.45, 7) is 14.0. The minimum absolute atomic E-state index is 0.365. The van der Waals surface area contributed by atoms with E-state index in [1.807, 2.05) is 13.1 Å². The maximum atomic E-state index is 5.84. The Labute approximate surface area is 140 Å². The Bertz CT molecular complexity index is 518. The fourth-order valence-corrected chi connectivity index (χ4v) is 3.95. The van der Waals surface area contributed by atoms with Crippen molar-refractivity contribution in [2.45, 2.75) is 52.7 Å². The zero-order valence-electron chi connectivity index (χ0n) is 15.0. The SMILES string of the molecule is Cc1cnc(C)c(N2CCC(CN3CC(C)OC(C)C3)CC2)n1. The van der Waals surface area contributed by atoms with Crippen molar-refractivity contribution in [3.05, 3.63) is 17.6 Å². The summed E-state index contributed by atoms with van der Waals surface area (Å²) in [6.07, 6.45) is 5.07. The lowest BCUT2D eigenvalue weighted by Crippen LogP contribution is -2.48. The summed E-state index contributed by atoms with van der Waals surface area (Å²) in [4.78, 5) is 14.2. The van der Waals surface area contributed by atoms with Gasteiger partial charge in [0.2, 0.25) is 0 Å². The van der Waals surface area contributed by atoms with Gasteiger partial charge in [0.15, 0.2) is 0 Å². The van der Waals surface area contributed by atoms with Crippen LogP contribution in [-0.4, -0.2) is 59.8 Å². The van der Waals surface area contributed by atoms with Crippen LogP contribution >= 0.6 is 0 Å². The number of rotatable bonds is 3. The lowest BCUT2D eigenvalue weighted by molar-refractivity contribution is -0.0720. The molecule has 2 aliphatic rings. The number of ether oxygens (including phenoxy) is 1. The standard InChI is InChI=1S/C18H30N4O/c1-13-9-19-16(4)18(20-13)22-7-5-17(6-8-22)12-21-10-14(2)23-15(3)11-21/h9,14-15,17H,5-8,10-12H2,1-4H3. The molecule has 1 aromatic rings. The molecule has 2 unspecified atom stereocenters. The van der Waals surface area contributed by atoms with Crippen LogP contribution in [0.2, 0.25) is 0 Å². The third-order valence-electron chi connectivity index (χ3n) is 4.98. The largest absolute Gasteiger partial charge is 0.373 e. The number of anilines is 1. The lowest BCUT2D eigenvalue weighted by atomic mass is 9.95. The molecule has 0 radical (unpaired) electrons. The van der Waals surface area contributed by atoms with Crippen LogP contribution in [0.15, 0.2) is 6.20 Å². The predicted octanol–water partition coefficient (Wildman–Crippen LogP) is 2.42. The second-order valence-corrected chi connectivity index (χ2v) is 7.33. The molecule has 0 bridgehead atoms. The summed E-state index contributed by atoms with van der Waals surface area (Å²) < 4.78 is 5.84. The van der Waals surface area contributed by atoms with Gasteiger partial charge < -0.3 is 9.64 Å².